The highest BCUT2D eigenvalue weighted by molar-refractivity contribution is 5.85. The average molecular weight is 291 g/mol. The summed E-state index contributed by atoms with van der Waals surface area (Å²) in [6.45, 7) is 2.77. The van der Waals surface area contributed by atoms with Crippen molar-refractivity contribution in [2.45, 2.75) is 51.0 Å². The highest BCUT2D eigenvalue weighted by atomic mass is 35.5. The molecule has 0 aromatic rings. The number of hydrogen-bond donors (Lipinski definition) is 2. The predicted octanol–water partition coefficient (Wildman–Crippen LogP) is 1.87. The van der Waals surface area contributed by atoms with Gasteiger partial charge < -0.3 is 15.4 Å². The molecule has 1 saturated carbocycles. The molecule has 1 aliphatic carbocycles. The van der Waals surface area contributed by atoms with Crippen LogP contribution < -0.4 is 10.6 Å². The van der Waals surface area contributed by atoms with Crippen LogP contribution in [-0.2, 0) is 9.53 Å². The van der Waals surface area contributed by atoms with Gasteiger partial charge in [-0.15, -0.1) is 12.4 Å². The van der Waals surface area contributed by atoms with Crippen LogP contribution in [0.2, 0.25) is 0 Å². The molecule has 0 spiro atoms. The van der Waals surface area contributed by atoms with Gasteiger partial charge in [-0.3, -0.25) is 4.79 Å². The fourth-order valence-corrected chi connectivity index (χ4v) is 2.69. The molecule has 5 heteroatoms. The molecule has 1 aliphatic heterocycles. The Kier molecular flexibility index (Phi) is 7.11. The number of amides is 1. The lowest BCUT2D eigenvalue weighted by Gasteiger charge is -2.16. The van der Waals surface area contributed by atoms with E-state index >= 15 is 0 Å². The molecular weight excluding hydrogens is 264 g/mol. The van der Waals surface area contributed by atoms with Gasteiger partial charge in [0.05, 0.1) is 0 Å². The number of rotatable bonds is 8. The molecule has 19 heavy (non-hydrogen) atoms. The molecule has 0 aromatic carbocycles. The third-order valence-electron chi connectivity index (χ3n) is 4.34. The van der Waals surface area contributed by atoms with Gasteiger partial charge in [0.25, 0.3) is 0 Å². The summed E-state index contributed by atoms with van der Waals surface area (Å²) in [5, 5.41) is 6.52. The van der Waals surface area contributed by atoms with E-state index in [0.29, 0.717) is 17.9 Å². The summed E-state index contributed by atoms with van der Waals surface area (Å²) in [6, 6.07) is 0.569. The summed E-state index contributed by atoms with van der Waals surface area (Å²) in [6.07, 6.45) is 7.68. The molecule has 1 unspecified atom stereocenters. The van der Waals surface area contributed by atoms with E-state index in [-0.39, 0.29) is 18.3 Å². The number of carbonyl (C=O) groups excluding carboxylic acids is 1. The maximum Gasteiger partial charge on any atom is 0.220 e. The van der Waals surface area contributed by atoms with Gasteiger partial charge in [-0.1, -0.05) is 0 Å². The normalized spacial score (nSPS) is 23.7. The van der Waals surface area contributed by atoms with Crippen LogP contribution in [0.3, 0.4) is 0 Å². The molecule has 112 valence electrons. The van der Waals surface area contributed by atoms with E-state index in [1.54, 1.807) is 7.11 Å². The van der Waals surface area contributed by atoms with Crippen LogP contribution in [0.4, 0.5) is 0 Å². The summed E-state index contributed by atoms with van der Waals surface area (Å²) < 4.78 is 5.12. The molecule has 2 aliphatic rings. The van der Waals surface area contributed by atoms with Gasteiger partial charge in [0.2, 0.25) is 5.91 Å². The molecule has 0 radical (unpaired) electrons. The molecule has 2 fully saturated rings. The zero-order chi connectivity index (χ0) is 12.8. The van der Waals surface area contributed by atoms with Crippen LogP contribution in [-0.4, -0.2) is 38.8 Å². The Balaban J connectivity index is 0.00000180. The number of methoxy groups -OCH3 is 1. The Morgan fingerprint density at radius 2 is 2.26 bits per heavy atom. The number of ether oxygens (including phenoxy) is 1. The van der Waals surface area contributed by atoms with Gasteiger partial charge >= 0.3 is 0 Å². The number of nitrogens with one attached hydrogen (secondary N) is 2. The van der Waals surface area contributed by atoms with Gasteiger partial charge in [0.15, 0.2) is 0 Å². The lowest BCUT2D eigenvalue weighted by Crippen LogP contribution is -2.32. The first-order valence-corrected chi connectivity index (χ1v) is 7.23. The number of halogens is 1. The fraction of sp³-hybridized carbons (Fsp3) is 0.929. The highest BCUT2D eigenvalue weighted by Crippen LogP contribution is 2.48. The van der Waals surface area contributed by atoms with Crippen molar-refractivity contribution in [3.63, 3.8) is 0 Å². The smallest absolute Gasteiger partial charge is 0.220 e. The Morgan fingerprint density at radius 1 is 1.47 bits per heavy atom. The topological polar surface area (TPSA) is 50.4 Å². The van der Waals surface area contributed by atoms with Gasteiger partial charge in [0, 0.05) is 32.7 Å². The summed E-state index contributed by atoms with van der Waals surface area (Å²) in [5.74, 6) is 0.215. The molecule has 2 N–H and O–H groups in total. The van der Waals surface area contributed by atoms with Gasteiger partial charge in [-0.05, 0) is 50.5 Å². The molecule has 1 atom stereocenters. The minimum Gasteiger partial charge on any atom is -0.385 e. The fourth-order valence-electron chi connectivity index (χ4n) is 2.69. The molecule has 1 saturated heterocycles. The molecular formula is C14H27ClN2O2. The standard InChI is InChI=1S/C14H26N2O2.ClH/c1-18-10-8-14(6-7-14)11-16-13(17)5-4-12-3-2-9-15-12;/h12,15H,2-11H2,1H3,(H,16,17);1H. The number of carbonyl (C=O) groups is 1. The molecule has 0 aromatic heterocycles. The van der Waals surface area contributed by atoms with E-state index in [1.807, 2.05) is 0 Å². The molecule has 2 rings (SSSR count). The van der Waals surface area contributed by atoms with Gasteiger partial charge in [0.1, 0.15) is 0 Å². The van der Waals surface area contributed by atoms with Crippen LogP contribution in [0.1, 0.15) is 44.9 Å². The first kappa shape index (κ1) is 16.7. The molecule has 0 bridgehead atoms. The Morgan fingerprint density at radius 3 is 2.84 bits per heavy atom. The monoisotopic (exact) mass is 290 g/mol. The van der Waals surface area contributed by atoms with Gasteiger partial charge in [-0.25, -0.2) is 0 Å². The van der Waals surface area contributed by atoms with Crippen molar-refractivity contribution in [3.05, 3.63) is 0 Å². The lowest BCUT2D eigenvalue weighted by atomic mass is 10.0. The van der Waals surface area contributed by atoms with Crippen molar-refractivity contribution in [1.29, 1.82) is 0 Å². The quantitative estimate of drug-likeness (QED) is 0.718. The Hall–Kier alpha value is -0.320. The summed E-state index contributed by atoms with van der Waals surface area (Å²) in [4.78, 5) is 11.8. The second-order valence-corrected chi connectivity index (χ2v) is 5.85. The third kappa shape index (κ3) is 5.67. The van der Waals surface area contributed by atoms with Crippen LogP contribution in [0.25, 0.3) is 0 Å². The van der Waals surface area contributed by atoms with Crippen molar-refractivity contribution in [3.8, 4) is 0 Å². The Bertz CT molecular complexity index is 277. The minimum absolute atomic E-state index is 0. The number of hydrogen-bond acceptors (Lipinski definition) is 3. The summed E-state index contributed by atoms with van der Waals surface area (Å²) >= 11 is 0. The highest BCUT2D eigenvalue weighted by Gasteiger charge is 2.41. The first-order valence-electron chi connectivity index (χ1n) is 7.23. The maximum absolute atomic E-state index is 11.8. The van der Waals surface area contributed by atoms with Crippen molar-refractivity contribution < 1.29 is 9.53 Å². The van der Waals surface area contributed by atoms with Crippen LogP contribution in [0.5, 0.6) is 0 Å². The SMILES string of the molecule is COCCC1(CNC(=O)CCC2CCCN2)CC1.Cl. The van der Waals surface area contributed by atoms with E-state index in [9.17, 15) is 4.79 Å². The summed E-state index contributed by atoms with van der Waals surface area (Å²) in [5.41, 5.74) is 0.358. The predicted molar refractivity (Wildman–Crippen MR) is 78.7 cm³/mol. The molecule has 4 nitrogen and oxygen atoms in total. The first-order chi connectivity index (χ1) is 8.74. The van der Waals surface area contributed by atoms with E-state index in [4.69, 9.17) is 4.74 Å². The van der Waals surface area contributed by atoms with Crippen molar-refractivity contribution in [2.75, 3.05) is 26.8 Å². The molecule has 1 heterocycles. The summed E-state index contributed by atoms with van der Waals surface area (Å²) in [7, 11) is 1.74. The van der Waals surface area contributed by atoms with Crippen molar-refractivity contribution in [2.24, 2.45) is 5.41 Å². The minimum atomic E-state index is 0. The third-order valence-corrected chi connectivity index (χ3v) is 4.34. The Labute approximate surface area is 122 Å². The zero-order valence-corrected chi connectivity index (χ0v) is 12.7. The van der Waals surface area contributed by atoms with E-state index in [1.165, 1.54) is 25.7 Å². The molecule has 1 amide bonds. The maximum atomic E-state index is 11.8. The average Bonchev–Trinajstić information content (AvgIpc) is 2.96. The largest absolute Gasteiger partial charge is 0.385 e. The van der Waals surface area contributed by atoms with E-state index in [2.05, 4.69) is 10.6 Å². The van der Waals surface area contributed by atoms with E-state index in [0.717, 1.165) is 32.5 Å². The second kappa shape index (κ2) is 8.08. The van der Waals surface area contributed by atoms with E-state index < -0.39 is 0 Å². The zero-order valence-electron chi connectivity index (χ0n) is 11.9. The van der Waals surface area contributed by atoms with Crippen LogP contribution in [0, 0.1) is 5.41 Å². The van der Waals surface area contributed by atoms with Gasteiger partial charge in [-0.2, -0.15) is 0 Å². The lowest BCUT2D eigenvalue weighted by molar-refractivity contribution is -0.121. The second-order valence-electron chi connectivity index (χ2n) is 5.85. The van der Waals surface area contributed by atoms with Crippen molar-refractivity contribution in [1.82, 2.24) is 10.6 Å². The van der Waals surface area contributed by atoms with Crippen LogP contribution in [0.15, 0.2) is 0 Å². The van der Waals surface area contributed by atoms with Crippen molar-refractivity contribution >= 4 is 18.3 Å². The van der Waals surface area contributed by atoms with Crippen LogP contribution >= 0.6 is 12.4 Å².